The second kappa shape index (κ2) is 3.61. The zero-order chi connectivity index (χ0) is 10.1. The van der Waals surface area contributed by atoms with Crippen molar-refractivity contribution in [2.45, 2.75) is 12.8 Å². The van der Waals surface area contributed by atoms with Gasteiger partial charge in [0.25, 0.3) is 0 Å². The molecule has 0 bridgehead atoms. The van der Waals surface area contributed by atoms with Gasteiger partial charge in [0.15, 0.2) is 5.75 Å². The quantitative estimate of drug-likeness (QED) is 0.572. The minimum absolute atomic E-state index is 0.188. The third kappa shape index (κ3) is 1.50. The fourth-order valence-electron chi connectivity index (χ4n) is 1.51. The standard InChI is InChI=1S/C10H9BrO3/c1-13-8-4-3-7(11)10-6(8)2-5-9(12)14-10/h3-4H,2,5H2,1H3. The Morgan fingerprint density at radius 3 is 2.93 bits per heavy atom. The third-order valence-electron chi connectivity index (χ3n) is 2.18. The van der Waals surface area contributed by atoms with Gasteiger partial charge in [0.05, 0.1) is 18.0 Å². The van der Waals surface area contributed by atoms with Crippen molar-refractivity contribution < 1.29 is 14.3 Å². The number of carbonyl (C=O) groups is 1. The summed E-state index contributed by atoms with van der Waals surface area (Å²) in [6.45, 7) is 0. The van der Waals surface area contributed by atoms with E-state index in [1.807, 2.05) is 12.1 Å². The lowest BCUT2D eigenvalue weighted by Gasteiger charge is -2.19. The summed E-state index contributed by atoms with van der Waals surface area (Å²) in [6.07, 6.45) is 1.09. The molecule has 0 radical (unpaired) electrons. The molecule has 0 aliphatic carbocycles. The van der Waals surface area contributed by atoms with Gasteiger partial charge in [0.1, 0.15) is 5.75 Å². The van der Waals surface area contributed by atoms with Crippen LogP contribution >= 0.6 is 15.9 Å². The van der Waals surface area contributed by atoms with Crippen molar-refractivity contribution in [3.05, 3.63) is 22.2 Å². The van der Waals surface area contributed by atoms with E-state index in [1.165, 1.54) is 0 Å². The Bertz CT molecular complexity index is 387. The molecule has 0 spiro atoms. The van der Waals surface area contributed by atoms with Gasteiger partial charge >= 0.3 is 5.97 Å². The fourth-order valence-corrected chi connectivity index (χ4v) is 1.96. The van der Waals surface area contributed by atoms with E-state index in [0.717, 1.165) is 15.8 Å². The zero-order valence-electron chi connectivity index (χ0n) is 7.67. The van der Waals surface area contributed by atoms with Crippen molar-refractivity contribution in [2.75, 3.05) is 7.11 Å². The molecular formula is C10H9BrO3. The Labute approximate surface area is 90.1 Å². The maximum Gasteiger partial charge on any atom is 0.311 e. The van der Waals surface area contributed by atoms with Crippen LogP contribution in [0.25, 0.3) is 0 Å². The highest BCUT2D eigenvalue weighted by atomic mass is 79.9. The molecule has 0 amide bonds. The minimum Gasteiger partial charge on any atom is -0.496 e. The van der Waals surface area contributed by atoms with E-state index in [9.17, 15) is 4.79 Å². The number of fused-ring (bicyclic) bond motifs is 1. The second-order valence-corrected chi connectivity index (χ2v) is 3.89. The Kier molecular flexibility index (Phi) is 2.46. The van der Waals surface area contributed by atoms with Crippen LogP contribution in [-0.2, 0) is 11.2 Å². The number of hydrogen-bond acceptors (Lipinski definition) is 3. The summed E-state index contributed by atoms with van der Waals surface area (Å²) in [5, 5.41) is 0. The molecule has 3 nitrogen and oxygen atoms in total. The molecule has 1 heterocycles. The first-order valence-corrected chi connectivity index (χ1v) is 5.07. The van der Waals surface area contributed by atoms with Gasteiger partial charge in [-0.3, -0.25) is 4.79 Å². The number of esters is 1. The molecule has 4 heteroatoms. The van der Waals surface area contributed by atoms with Crippen molar-refractivity contribution in [1.82, 2.24) is 0 Å². The SMILES string of the molecule is COc1ccc(Br)c2c1CCC(=O)O2. The molecule has 1 aliphatic rings. The van der Waals surface area contributed by atoms with Crippen molar-refractivity contribution >= 4 is 21.9 Å². The molecule has 0 atom stereocenters. The van der Waals surface area contributed by atoms with Crippen molar-refractivity contribution in [2.24, 2.45) is 0 Å². The Morgan fingerprint density at radius 2 is 2.21 bits per heavy atom. The lowest BCUT2D eigenvalue weighted by molar-refractivity contribution is -0.135. The van der Waals surface area contributed by atoms with E-state index >= 15 is 0 Å². The first-order valence-electron chi connectivity index (χ1n) is 4.28. The lowest BCUT2D eigenvalue weighted by Crippen LogP contribution is -2.16. The van der Waals surface area contributed by atoms with Gasteiger partial charge in [0.2, 0.25) is 0 Å². The highest BCUT2D eigenvalue weighted by Crippen LogP contribution is 2.38. The van der Waals surface area contributed by atoms with Crippen LogP contribution in [0.15, 0.2) is 16.6 Å². The molecule has 0 aromatic heterocycles. The van der Waals surface area contributed by atoms with Gasteiger partial charge in [-0.15, -0.1) is 0 Å². The molecule has 1 aromatic rings. The van der Waals surface area contributed by atoms with Gasteiger partial charge < -0.3 is 9.47 Å². The molecule has 14 heavy (non-hydrogen) atoms. The Balaban J connectivity index is 2.54. The molecule has 74 valence electrons. The Morgan fingerprint density at radius 1 is 1.43 bits per heavy atom. The largest absolute Gasteiger partial charge is 0.496 e. The topological polar surface area (TPSA) is 35.5 Å². The minimum atomic E-state index is -0.188. The first kappa shape index (κ1) is 9.52. The molecule has 0 unspecified atom stereocenters. The molecular weight excluding hydrogens is 248 g/mol. The second-order valence-electron chi connectivity index (χ2n) is 3.03. The van der Waals surface area contributed by atoms with Crippen LogP contribution in [0.2, 0.25) is 0 Å². The molecule has 0 N–H and O–H groups in total. The summed E-state index contributed by atoms with van der Waals surface area (Å²) in [4.78, 5) is 11.1. The first-order chi connectivity index (χ1) is 6.72. The summed E-state index contributed by atoms with van der Waals surface area (Å²) in [5.41, 5.74) is 0.960. The maximum absolute atomic E-state index is 11.1. The van der Waals surface area contributed by atoms with Crippen LogP contribution in [0, 0.1) is 0 Å². The predicted octanol–water partition coefficient (Wildman–Crippen LogP) is 2.31. The molecule has 1 aromatic carbocycles. The van der Waals surface area contributed by atoms with Crippen LogP contribution in [0.5, 0.6) is 11.5 Å². The van der Waals surface area contributed by atoms with E-state index in [1.54, 1.807) is 7.11 Å². The van der Waals surface area contributed by atoms with Crippen molar-refractivity contribution in [3.8, 4) is 11.5 Å². The number of ether oxygens (including phenoxy) is 2. The summed E-state index contributed by atoms with van der Waals surface area (Å²) in [5.74, 6) is 1.18. The predicted molar refractivity (Wildman–Crippen MR) is 54.7 cm³/mol. The van der Waals surface area contributed by atoms with E-state index in [2.05, 4.69) is 15.9 Å². The average molecular weight is 257 g/mol. The molecule has 1 aliphatic heterocycles. The maximum atomic E-state index is 11.1. The summed E-state index contributed by atoms with van der Waals surface area (Å²) >= 11 is 3.34. The van der Waals surface area contributed by atoms with Crippen LogP contribution < -0.4 is 9.47 Å². The van der Waals surface area contributed by atoms with E-state index < -0.39 is 0 Å². The van der Waals surface area contributed by atoms with Gasteiger partial charge in [-0.1, -0.05) is 0 Å². The Hall–Kier alpha value is -1.03. The van der Waals surface area contributed by atoms with Crippen LogP contribution in [0.3, 0.4) is 0 Å². The van der Waals surface area contributed by atoms with Gasteiger partial charge in [-0.05, 0) is 34.5 Å². The van der Waals surface area contributed by atoms with Gasteiger partial charge in [0, 0.05) is 5.56 Å². The monoisotopic (exact) mass is 256 g/mol. The smallest absolute Gasteiger partial charge is 0.311 e. The molecule has 0 saturated carbocycles. The molecule has 0 saturated heterocycles. The number of carbonyl (C=O) groups excluding carboxylic acids is 1. The van der Waals surface area contributed by atoms with Gasteiger partial charge in [-0.25, -0.2) is 0 Å². The van der Waals surface area contributed by atoms with Crippen LogP contribution in [0.1, 0.15) is 12.0 Å². The van der Waals surface area contributed by atoms with Crippen LogP contribution in [-0.4, -0.2) is 13.1 Å². The number of methoxy groups -OCH3 is 1. The lowest BCUT2D eigenvalue weighted by atomic mass is 10.1. The van der Waals surface area contributed by atoms with E-state index in [0.29, 0.717) is 18.6 Å². The third-order valence-corrected chi connectivity index (χ3v) is 2.81. The molecule has 0 fully saturated rings. The van der Waals surface area contributed by atoms with E-state index in [-0.39, 0.29) is 5.97 Å². The van der Waals surface area contributed by atoms with E-state index in [4.69, 9.17) is 9.47 Å². The average Bonchev–Trinajstić information content (AvgIpc) is 2.19. The summed E-state index contributed by atoms with van der Waals surface area (Å²) in [6, 6.07) is 3.68. The van der Waals surface area contributed by atoms with Crippen molar-refractivity contribution in [3.63, 3.8) is 0 Å². The molecule has 2 rings (SSSR count). The fraction of sp³-hybridized carbons (Fsp3) is 0.300. The highest BCUT2D eigenvalue weighted by molar-refractivity contribution is 9.10. The summed E-state index contributed by atoms with van der Waals surface area (Å²) < 4.78 is 11.1. The zero-order valence-corrected chi connectivity index (χ0v) is 9.26. The number of halogens is 1. The number of hydrogen-bond donors (Lipinski definition) is 0. The number of benzene rings is 1. The van der Waals surface area contributed by atoms with Crippen LogP contribution in [0.4, 0.5) is 0 Å². The highest BCUT2D eigenvalue weighted by Gasteiger charge is 2.22. The number of rotatable bonds is 1. The normalized spacial score (nSPS) is 14.6. The summed E-state index contributed by atoms with van der Waals surface area (Å²) in [7, 11) is 1.61. The van der Waals surface area contributed by atoms with Gasteiger partial charge in [-0.2, -0.15) is 0 Å². The van der Waals surface area contributed by atoms with Crippen molar-refractivity contribution in [1.29, 1.82) is 0 Å².